The number of pyridine rings is 1. The van der Waals surface area contributed by atoms with Crippen molar-refractivity contribution < 1.29 is 17.9 Å². The van der Waals surface area contributed by atoms with E-state index < -0.39 is 16.0 Å². The fourth-order valence-electron chi connectivity index (χ4n) is 3.19. The molecule has 0 bridgehead atoms. The van der Waals surface area contributed by atoms with Gasteiger partial charge in [0.1, 0.15) is 5.69 Å². The van der Waals surface area contributed by atoms with Crippen LogP contribution in [-0.2, 0) is 14.8 Å². The second-order valence-corrected chi connectivity index (χ2v) is 8.38. The first-order valence-corrected chi connectivity index (χ1v) is 10.3. The fourth-order valence-corrected chi connectivity index (χ4v) is 4.69. The van der Waals surface area contributed by atoms with Gasteiger partial charge in [-0.1, -0.05) is 35.9 Å². The van der Waals surface area contributed by atoms with Crippen LogP contribution in [0.2, 0.25) is 0 Å². The minimum atomic E-state index is -4.03. The normalized spacial score (nSPS) is 11.5. The summed E-state index contributed by atoms with van der Waals surface area (Å²) in [5.74, 6) is -0.726. The predicted octanol–water partition coefficient (Wildman–Crippen LogP) is 4.04. The quantitative estimate of drug-likeness (QED) is 0.478. The molecule has 0 aliphatic carbocycles. The van der Waals surface area contributed by atoms with Crippen molar-refractivity contribution in [2.24, 2.45) is 0 Å². The molecule has 2 heterocycles. The summed E-state index contributed by atoms with van der Waals surface area (Å²) in [7, 11) is -2.80. The van der Waals surface area contributed by atoms with Crippen molar-refractivity contribution >= 4 is 26.9 Å². The Morgan fingerprint density at radius 3 is 2.41 bits per heavy atom. The molecule has 6 nitrogen and oxygen atoms in total. The lowest BCUT2D eigenvalue weighted by Gasteiger charge is -2.12. The lowest BCUT2D eigenvalue weighted by molar-refractivity contribution is 0.0593. The molecule has 4 aromatic rings. The minimum absolute atomic E-state index is 0.0544. The van der Waals surface area contributed by atoms with Gasteiger partial charge in [0.25, 0.3) is 10.0 Å². The number of aromatic nitrogens is 2. The third kappa shape index (κ3) is 3.30. The molecule has 0 atom stereocenters. The second kappa shape index (κ2) is 7.18. The van der Waals surface area contributed by atoms with Crippen LogP contribution in [-0.4, -0.2) is 30.5 Å². The van der Waals surface area contributed by atoms with Gasteiger partial charge in [-0.25, -0.2) is 17.2 Å². The number of hydrogen-bond acceptors (Lipinski definition) is 5. The topological polar surface area (TPSA) is 78.3 Å². The molecular weight excluding hydrogens is 388 g/mol. The van der Waals surface area contributed by atoms with E-state index in [0.29, 0.717) is 16.6 Å². The molecule has 0 N–H and O–H groups in total. The van der Waals surface area contributed by atoms with Crippen molar-refractivity contribution in [2.45, 2.75) is 11.8 Å². The lowest BCUT2D eigenvalue weighted by Crippen LogP contribution is -2.19. The Bertz CT molecular complexity index is 1310. The molecule has 2 aromatic carbocycles. The molecule has 0 saturated carbocycles. The van der Waals surface area contributed by atoms with E-state index in [0.717, 1.165) is 15.1 Å². The summed E-state index contributed by atoms with van der Waals surface area (Å²) >= 11 is 0. The Balaban J connectivity index is 2.01. The monoisotopic (exact) mass is 406 g/mol. The number of esters is 1. The number of carbonyl (C=O) groups excluding carboxylic acids is 1. The lowest BCUT2D eigenvalue weighted by atomic mass is 10.1. The standard InChI is InChI=1S/C22H18N2O4S/c1-15-6-10-18(11-7-15)29(26,27)24-20-13-16(19-5-3-4-12-23-19)8-9-17(20)14-21(24)22(25)28-2/h3-14H,1-2H3. The third-order valence-electron chi connectivity index (χ3n) is 4.67. The second-order valence-electron chi connectivity index (χ2n) is 6.59. The van der Waals surface area contributed by atoms with E-state index in [4.69, 9.17) is 4.74 Å². The van der Waals surface area contributed by atoms with Crippen molar-refractivity contribution in [3.63, 3.8) is 0 Å². The molecule has 4 rings (SSSR count). The van der Waals surface area contributed by atoms with E-state index in [1.807, 2.05) is 31.2 Å². The van der Waals surface area contributed by atoms with Gasteiger partial charge in [0.2, 0.25) is 0 Å². The Labute approximate surface area is 168 Å². The van der Waals surface area contributed by atoms with Gasteiger partial charge in [0, 0.05) is 17.1 Å². The van der Waals surface area contributed by atoms with Crippen LogP contribution in [0.5, 0.6) is 0 Å². The summed E-state index contributed by atoms with van der Waals surface area (Å²) in [5, 5.41) is 0.612. The third-order valence-corrected chi connectivity index (χ3v) is 6.42. The first-order chi connectivity index (χ1) is 13.9. The van der Waals surface area contributed by atoms with E-state index in [-0.39, 0.29) is 10.6 Å². The number of hydrogen-bond donors (Lipinski definition) is 0. The Kier molecular flexibility index (Phi) is 4.68. The van der Waals surface area contributed by atoms with Gasteiger partial charge in [0.05, 0.1) is 23.2 Å². The zero-order valence-corrected chi connectivity index (χ0v) is 16.7. The van der Waals surface area contributed by atoms with Gasteiger partial charge in [-0.2, -0.15) is 0 Å². The van der Waals surface area contributed by atoms with Crippen LogP contribution in [0.3, 0.4) is 0 Å². The van der Waals surface area contributed by atoms with Gasteiger partial charge < -0.3 is 4.74 Å². The van der Waals surface area contributed by atoms with Gasteiger partial charge in [0.15, 0.2) is 0 Å². The van der Waals surface area contributed by atoms with E-state index in [9.17, 15) is 13.2 Å². The first kappa shape index (κ1) is 18.9. The van der Waals surface area contributed by atoms with E-state index in [1.54, 1.807) is 30.5 Å². The smallest absolute Gasteiger partial charge is 0.355 e. The molecule has 2 aromatic heterocycles. The molecule has 7 heteroatoms. The number of benzene rings is 2. The number of fused-ring (bicyclic) bond motifs is 1. The Morgan fingerprint density at radius 1 is 1.00 bits per heavy atom. The molecule has 0 aliphatic heterocycles. The highest BCUT2D eigenvalue weighted by atomic mass is 32.2. The predicted molar refractivity (Wildman–Crippen MR) is 110 cm³/mol. The summed E-state index contributed by atoms with van der Waals surface area (Å²) < 4.78 is 32.8. The van der Waals surface area contributed by atoms with Crippen LogP contribution in [0.15, 0.2) is 77.8 Å². The average Bonchev–Trinajstić information content (AvgIpc) is 3.13. The first-order valence-electron chi connectivity index (χ1n) is 8.89. The molecule has 0 saturated heterocycles. The van der Waals surface area contributed by atoms with E-state index >= 15 is 0 Å². The highest BCUT2D eigenvalue weighted by Crippen LogP contribution is 2.30. The van der Waals surface area contributed by atoms with Crippen molar-refractivity contribution in [3.8, 4) is 11.3 Å². The van der Waals surface area contributed by atoms with E-state index in [2.05, 4.69) is 4.98 Å². The zero-order valence-electron chi connectivity index (χ0n) is 15.9. The van der Waals surface area contributed by atoms with Crippen LogP contribution < -0.4 is 0 Å². The minimum Gasteiger partial charge on any atom is -0.464 e. The van der Waals surface area contributed by atoms with Crippen LogP contribution in [0.4, 0.5) is 0 Å². The average molecular weight is 406 g/mol. The highest BCUT2D eigenvalue weighted by Gasteiger charge is 2.27. The fraction of sp³-hybridized carbons (Fsp3) is 0.0909. The molecule has 0 spiro atoms. The molecule has 0 unspecified atom stereocenters. The summed E-state index contributed by atoms with van der Waals surface area (Å²) in [5.41, 5.74) is 2.71. The SMILES string of the molecule is COC(=O)c1cc2ccc(-c3ccccn3)cc2n1S(=O)(=O)c1ccc(C)cc1. The maximum Gasteiger partial charge on any atom is 0.355 e. The number of rotatable bonds is 4. The van der Waals surface area contributed by atoms with Crippen LogP contribution in [0.1, 0.15) is 16.1 Å². The zero-order chi connectivity index (χ0) is 20.6. The molecule has 29 heavy (non-hydrogen) atoms. The van der Waals surface area contributed by atoms with Gasteiger partial charge in [-0.05, 0) is 43.3 Å². The Hall–Kier alpha value is -3.45. The number of methoxy groups -OCH3 is 1. The molecule has 0 aliphatic rings. The summed E-state index contributed by atoms with van der Waals surface area (Å²) in [6, 6.07) is 18.8. The summed E-state index contributed by atoms with van der Waals surface area (Å²) in [6.07, 6.45) is 1.67. The largest absolute Gasteiger partial charge is 0.464 e. The Morgan fingerprint density at radius 2 is 1.76 bits per heavy atom. The number of nitrogens with zero attached hydrogens (tertiary/aromatic N) is 2. The van der Waals surface area contributed by atoms with Crippen LogP contribution >= 0.6 is 0 Å². The number of carbonyl (C=O) groups is 1. The summed E-state index contributed by atoms with van der Waals surface area (Å²) in [6.45, 7) is 1.88. The number of ether oxygens (including phenoxy) is 1. The van der Waals surface area contributed by atoms with Crippen LogP contribution in [0.25, 0.3) is 22.2 Å². The molecule has 146 valence electrons. The van der Waals surface area contributed by atoms with Gasteiger partial charge in [-0.15, -0.1) is 0 Å². The summed E-state index contributed by atoms with van der Waals surface area (Å²) in [4.78, 5) is 16.8. The molecule has 0 radical (unpaired) electrons. The van der Waals surface area contributed by atoms with Crippen molar-refractivity contribution in [3.05, 3.63) is 84.2 Å². The van der Waals surface area contributed by atoms with E-state index in [1.165, 1.54) is 25.3 Å². The van der Waals surface area contributed by atoms with Crippen LogP contribution in [0, 0.1) is 6.92 Å². The van der Waals surface area contributed by atoms with Crippen molar-refractivity contribution in [1.29, 1.82) is 0 Å². The van der Waals surface area contributed by atoms with Crippen molar-refractivity contribution in [1.82, 2.24) is 8.96 Å². The molecular formula is C22H18N2O4S. The maximum atomic E-state index is 13.4. The maximum absolute atomic E-state index is 13.4. The van der Waals surface area contributed by atoms with Gasteiger partial charge in [-0.3, -0.25) is 4.98 Å². The highest BCUT2D eigenvalue weighted by molar-refractivity contribution is 7.90. The van der Waals surface area contributed by atoms with Gasteiger partial charge >= 0.3 is 5.97 Å². The van der Waals surface area contributed by atoms with Crippen molar-refractivity contribution in [2.75, 3.05) is 7.11 Å². The number of aryl methyl sites for hydroxylation is 1. The molecule has 0 fully saturated rings. The molecule has 0 amide bonds.